The van der Waals surface area contributed by atoms with Gasteiger partial charge in [0.05, 0.1) is 29.1 Å². The minimum absolute atomic E-state index is 0.0254. The molecule has 0 spiro atoms. The molecular weight excluding hydrogens is 487 g/mol. The molecule has 0 atom stereocenters. The number of H-pyrrole nitrogens is 1. The third-order valence-electron chi connectivity index (χ3n) is 5.86. The van der Waals surface area contributed by atoms with E-state index in [0.29, 0.717) is 41.5 Å². The summed E-state index contributed by atoms with van der Waals surface area (Å²) in [6.45, 7) is 1.87. The molecule has 5 rings (SSSR count). The van der Waals surface area contributed by atoms with Gasteiger partial charge in [-0.1, -0.05) is 0 Å². The molecule has 3 heterocycles. The number of nitrogens with zero attached hydrogens (tertiary/aromatic N) is 6. The van der Waals surface area contributed by atoms with Crippen LogP contribution >= 0.6 is 0 Å². The molecule has 13 heteroatoms. The molecule has 1 fully saturated rings. The Morgan fingerprint density at radius 1 is 1.25 bits per heavy atom. The van der Waals surface area contributed by atoms with Gasteiger partial charge in [-0.05, 0) is 38.0 Å². The zero-order valence-corrected chi connectivity index (χ0v) is 21.0. The Labute approximate surface area is 207 Å². The highest BCUT2D eigenvalue weighted by molar-refractivity contribution is 7.92. The van der Waals surface area contributed by atoms with E-state index in [2.05, 4.69) is 30.6 Å². The van der Waals surface area contributed by atoms with Crippen LogP contribution in [0.1, 0.15) is 18.5 Å². The molecular formula is C23H25FN8O3S. The average Bonchev–Trinajstić information content (AvgIpc) is 3.51. The molecule has 0 saturated heterocycles. The average molecular weight is 513 g/mol. The van der Waals surface area contributed by atoms with Crippen molar-refractivity contribution in [1.82, 2.24) is 29.9 Å². The molecule has 0 aliphatic heterocycles. The van der Waals surface area contributed by atoms with Gasteiger partial charge in [0, 0.05) is 37.6 Å². The maximum atomic E-state index is 15.2. The van der Waals surface area contributed by atoms with Crippen LogP contribution in [0.4, 0.5) is 27.7 Å². The number of benzene rings is 1. The van der Waals surface area contributed by atoms with Crippen molar-refractivity contribution in [3.05, 3.63) is 48.2 Å². The summed E-state index contributed by atoms with van der Waals surface area (Å²) in [7, 11) is 1.36. The van der Waals surface area contributed by atoms with Crippen LogP contribution in [0.15, 0.2) is 41.6 Å². The van der Waals surface area contributed by atoms with Gasteiger partial charge in [0.1, 0.15) is 11.5 Å². The first kappa shape index (κ1) is 23.7. The van der Waals surface area contributed by atoms with E-state index in [1.807, 2.05) is 6.92 Å². The minimum atomic E-state index is -3.52. The van der Waals surface area contributed by atoms with Crippen molar-refractivity contribution in [2.24, 2.45) is 7.05 Å². The minimum Gasteiger partial charge on any atom is -0.491 e. The van der Waals surface area contributed by atoms with Crippen LogP contribution in [0, 0.1) is 12.7 Å². The van der Waals surface area contributed by atoms with Crippen LogP contribution < -0.4 is 15.0 Å². The van der Waals surface area contributed by atoms with Gasteiger partial charge in [0.2, 0.25) is 5.95 Å². The van der Waals surface area contributed by atoms with Crippen molar-refractivity contribution in [1.29, 1.82) is 0 Å². The second-order valence-electron chi connectivity index (χ2n) is 8.63. The zero-order chi connectivity index (χ0) is 25.6. The summed E-state index contributed by atoms with van der Waals surface area (Å²) >= 11 is 0. The maximum absolute atomic E-state index is 15.2. The SMILES string of the molecule is COc1c(Nc2cc(C)[nH]n2)nc(N(C)c2ccc(S(=O)(=O)C3CC3)cc2F)nc1-c1cnn(C)c1. The standard InChI is InChI=1S/C23H25FN8O3S/c1-13-9-19(30-29-13)26-22-21(35-4)20(14-11-25-31(2)12-14)27-23(28-22)32(3)18-8-7-16(10-17(18)24)36(33,34)15-5-6-15/h7-12,15H,5-6H2,1-4H3,(H2,26,27,28,29,30). The lowest BCUT2D eigenvalue weighted by Gasteiger charge is -2.21. The molecule has 0 bridgehead atoms. The van der Waals surface area contributed by atoms with Crippen molar-refractivity contribution >= 4 is 33.1 Å². The third kappa shape index (κ3) is 4.37. The van der Waals surface area contributed by atoms with Gasteiger partial charge in [0.25, 0.3) is 0 Å². The first-order valence-corrected chi connectivity index (χ1v) is 12.7. The van der Waals surface area contributed by atoms with Crippen molar-refractivity contribution in [2.75, 3.05) is 24.4 Å². The molecule has 0 unspecified atom stereocenters. The molecule has 1 aliphatic carbocycles. The highest BCUT2D eigenvalue weighted by atomic mass is 32.2. The lowest BCUT2D eigenvalue weighted by molar-refractivity contribution is 0.415. The molecule has 188 valence electrons. The van der Waals surface area contributed by atoms with Crippen molar-refractivity contribution in [3.8, 4) is 17.0 Å². The van der Waals surface area contributed by atoms with Gasteiger partial charge in [-0.15, -0.1) is 0 Å². The molecule has 11 nitrogen and oxygen atoms in total. The Morgan fingerprint density at radius 2 is 2.03 bits per heavy atom. The zero-order valence-electron chi connectivity index (χ0n) is 20.1. The maximum Gasteiger partial charge on any atom is 0.232 e. The van der Waals surface area contributed by atoms with Crippen LogP contribution in [-0.4, -0.2) is 57.8 Å². The van der Waals surface area contributed by atoms with Crippen molar-refractivity contribution in [3.63, 3.8) is 0 Å². The number of ether oxygens (including phenoxy) is 1. The fraction of sp³-hybridized carbons (Fsp3) is 0.304. The summed E-state index contributed by atoms with van der Waals surface area (Å²) in [5.41, 5.74) is 2.07. The van der Waals surface area contributed by atoms with E-state index >= 15 is 4.39 Å². The first-order valence-electron chi connectivity index (χ1n) is 11.2. The van der Waals surface area contributed by atoms with Gasteiger partial charge >= 0.3 is 0 Å². The molecule has 0 radical (unpaired) electrons. The summed E-state index contributed by atoms with van der Waals surface area (Å²) in [6.07, 6.45) is 4.62. The van der Waals surface area contributed by atoms with Crippen LogP contribution in [-0.2, 0) is 16.9 Å². The molecule has 36 heavy (non-hydrogen) atoms. The number of hydrogen-bond acceptors (Lipinski definition) is 9. The topological polar surface area (TPSA) is 131 Å². The Balaban J connectivity index is 1.59. The lowest BCUT2D eigenvalue weighted by Crippen LogP contribution is -2.17. The van der Waals surface area contributed by atoms with Gasteiger partial charge in [-0.2, -0.15) is 15.2 Å². The quantitative estimate of drug-likeness (QED) is 0.364. The van der Waals surface area contributed by atoms with Crippen LogP contribution in [0.3, 0.4) is 0 Å². The number of aromatic nitrogens is 6. The van der Waals surface area contributed by atoms with E-state index in [9.17, 15) is 8.42 Å². The molecule has 2 N–H and O–H groups in total. The number of hydrogen-bond donors (Lipinski definition) is 2. The number of aryl methyl sites for hydroxylation is 2. The first-order chi connectivity index (χ1) is 17.2. The van der Waals surface area contributed by atoms with Gasteiger partial charge in [-0.25, -0.2) is 17.8 Å². The summed E-state index contributed by atoms with van der Waals surface area (Å²) in [6, 6.07) is 5.69. The number of methoxy groups -OCH3 is 1. The Bertz CT molecular complexity index is 1540. The lowest BCUT2D eigenvalue weighted by atomic mass is 10.2. The highest BCUT2D eigenvalue weighted by Gasteiger charge is 2.37. The largest absolute Gasteiger partial charge is 0.491 e. The van der Waals surface area contributed by atoms with E-state index < -0.39 is 20.9 Å². The third-order valence-corrected chi connectivity index (χ3v) is 8.12. The van der Waals surface area contributed by atoms with Crippen LogP contribution in [0.5, 0.6) is 5.75 Å². The number of halogens is 1. The van der Waals surface area contributed by atoms with E-state index in [1.54, 1.807) is 37.2 Å². The number of aromatic amines is 1. The molecule has 1 saturated carbocycles. The van der Waals surface area contributed by atoms with Crippen molar-refractivity contribution in [2.45, 2.75) is 29.9 Å². The Morgan fingerprint density at radius 3 is 2.61 bits per heavy atom. The molecule has 4 aromatic rings. The molecule has 0 amide bonds. The number of rotatable bonds is 8. The smallest absolute Gasteiger partial charge is 0.232 e. The monoisotopic (exact) mass is 512 g/mol. The Kier molecular flexibility index (Phi) is 5.86. The van der Waals surface area contributed by atoms with E-state index in [0.717, 1.165) is 11.8 Å². The molecule has 1 aromatic carbocycles. The fourth-order valence-electron chi connectivity index (χ4n) is 3.82. The van der Waals surface area contributed by atoms with Gasteiger partial charge in [0.15, 0.2) is 27.2 Å². The summed E-state index contributed by atoms with van der Waals surface area (Å²) in [5.74, 6) is 0.636. The number of sulfone groups is 1. The fourth-order valence-corrected chi connectivity index (χ4v) is 5.49. The van der Waals surface area contributed by atoms with Crippen molar-refractivity contribution < 1.29 is 17.5 Å². The van der Waals surface area contributed by atoms with Crippen LogP contribution in [0.2, 0.25) is 0 Å². The predicted octanol–water partition coefficient (Wildman–Crippen LogP) is 3.50. The predicted molar refractivity (Wildman–Crippen MR) is 132 cm³/mol. The Hall–Kier alpha value is -4.00. The van der Waals surface area contributed by atoms with Gasteiger partial charge < -0.3 is 15.0 Å². The molecule has 3 aromatic heterocycles. The number of anilines is 4. The number of nitrogens with one attached hydrogen (secondary N) is 2. The summed E-state index contributed by atoms with van der Waals surface area (Å²) in [4.78, 5) is 10.6. The van der Waals surface area contributed by atoms with E-state index in [1.165, 1.54) is 24.1 Å². The highest BCUT2D eigenvalue weighted by Crippen LogP contribution is 2.39. The normalized spacial score (nSPS) is 13.6. The summed E-state index contributed by atoms with van der Waals surface area (Å²) < 4.78 is 47.6. The second kappa shape index (κ2) is 8.90. The second-order valence-corrected chi connectivity index (χ2v) is 10.9. The summed E-state index contributed by atoms with van der Waals surface area (Å²) in [5, 5.41) is 14.0. The molecule has 1 aliphatic rings. The van der Waals surface area contributed by atoms with E-state index in [-0.39, 0.29) is 16.5 Å². The van der Waals surface area contributed by atoms with Gasteiger partial charge in [-0.3, -0.25) is 9.78 Å². The van der Waals surface area contributed by atoms with E-state index in [4.69, 9.17) is 4.74 Å². The van der Waals surface area contributed by atoms with Crippen LogP contribution in [0.25, 0.3) is 11.3 Å².